The molecule has 296 valence electrons. The van der Waals surface area contributed by atoms with E-state index >= 15 is 0 Å². The first-order valence-corrected chi connectivity index (χ1v) is 19.1. The Morgan fingerprint density at radius 1 is 0.706 bits per heavy atom. The van der Waals surface area contributed by atoms with Gasteiger partial charge in [-0.1, -0.05) is 103 Å². The van der Waals surface area contributed by atoms with Crippen molar-refractivity contribution in [2.75, 3.05) is 26.3 Å². The van der Waals surface area contributed by atoms with Crippen LogP contribution in [0, 0.1) is 0 Å². The Balaban J connectivity index is 0.0000250. The summed E-state index contributed by atoms with van der Waals surface area (Å²) in [6, 6.07) is 0. The van der Waals surface area contributed by atoms with Crippen molar-refractivity contribution in [1.82, 2.24) is 4.90 Å². The summed E-state index contributed by atoms with van der Waals surface area (Å²) < 4.78 is 10.8. The summed E-state index contributed by atoms with van der Waals surface area (Å²) >= 11 is 0. The van der Waals surface area contributed by atoms with Crippen molar-refractivity contribution in [3.63, 3.8) is 0 Å². The number of rotatable bonds is 31. The molecular formula is C36H68NNaO13. The van der Waals surface area contributed by atoms with Gasteiger partial charge in [-0.2, -0.15) is 0 Å². The van der Waals surface area contributed by atoms with Gasteiger partial charge in [-0.15, -0.1) is 0 Å². The molecular weight excluding hydrogens is 677 g/mol. The third-order valence-corrected chi connectivity index (χ3v) is 9.50. The molecule has 1 saturated heterocycles. The molecule has 1 rings (SSSR count). The molecule has 8 N–H and O–H groups in total. The third-order valence-electron chi connectivity index (χ3n) is 9.50. The monoisotopic (exact) mass is 745 g/mol. The maximum Gasteiger partial charge on any atom is 1.00 e. The van der Waals surface area contributed by atoms with Gasteiger partial charge in [0.15, 0.2) is 6.29 Å². The fraction of sp³-hybridized carbons (Fsp3) is 0.944. The molecule has 51 heavy (non-hydrogen) atoms. The summed E-state index contributed by atoms with van der Waals surface area (Å²) in [7, 11) is 0. The summed E-state index contributed by atoms with van der Waals surface area (Å²) in [6.07, 6.45) is 3.57. The van der Waals surface area contributed by atoms with E-state index in [1.807, 2.05) is 0 Å². The van der Waals surface area contributed by atoms with Gasteiger partial charge >= 0.3 is 29.6 Å². The zero-order valence-electron chi connectivity index (χ0n) is 31.2. The topological polar surface area (TPSA) is 241 Å². The molecule has 14 nitrogen and oxygen atoms in total. The van der Waals surface area contributed by atoms with Gasteiger partial charge in [0, 0.05) is 25.5 Å². The number of nitrogens with zero attached hydrogens (tertiary/aromatic N) is 1. The SMILES string of the molecule is CCCCCCCCCCCCCCCCCC(=O)N(CCCCCC(=O)[O-])C[C@H](O)[C@@H](O)[C@H](O[C@@H]1O[C@H](CO)[C@H](O)[C@H](O)[C@H]1O)[C@H](O)CO.[Na+]. The minimum absolute atomic E-state index is 0. The van der Waals surface area contributed by atoms with Crippen molar-refractivity contribution < 1.29 is 94.6 Å². The van der Waals surface area contributed by atoms with Gasteiger partial charge < -0.3 is 65.1 Å². The zero-order chi connectivity index (χ0) is 37.3. The molecule has 0 radical (unpaired) electrons. The van der Waals surface area contributed by atoms with Gasteiger partial charge in [0.1, 0.15) is 48.8 Å². The van der Waals surface area contributed by atoms with Crippen molar-refractivity contribution in [3.8, 4) is 0 Å². The van der Waals surface area contributed by atoms with E-state index in [-0.39, 0.29) is 61.4 Å². The maximum absolute atomic E-state index is 13.2. The van der Waals surface area contributed by atoms with E-state index in [9.17, 15) is 55.5 Å². The fourth-order valence-corrected chi connectivity index (χ4v) is 6.26. The van der Waals surface area contributed by atoms with Gasteiger partial charge in [0.2, 0.25) is 5.91 Å². The molecule has 1 aliphatic heterocycles. The van der Waals surface area contributed by atoms with Crippen molar-refractivity contribution in [1.29, 1.82) is 0 Å². The molecule has 0 aromatic rings. The first kappa shape index (κ1) is 50.5. The Kier molecular flexibility index (Phi) is 30.5. The standard InChI is InChI=1S/C36H69NO13.Na/c1-2-3-4-5-6-7-8-9-10-11-12-13-14-15-17-20-29(42)37(22-19-16-18-21-30(43)44)23-26(40)31(45)35(27(41)24-38)50-36-34(48)33(47)32(46)28(25-39)49-36;/h26-28,31-36,38-41,45-48H,2-25H2,1H3,(H,43,44);/q;+1/p-1/t26-,27+,28+,31+,32-,33-,34+,35+,36-;/m0./s1. The molecule has 1 fully saturated rings. The van der Waals surface area contributed by atoms with Crippen molar-refractivity contribution in [2.24, 2.45) is 0 Å². The van der Waals surface area contributed by atoms with E-state index in [1.165, 1.54) is 75.5 Å². The predicted octanol–water partition coefficient (Wildman–Crippen LogP) is -2.35. The van der Waals surface area contributed by atoms with Crippen LogP contribution in [0.2, 0.25) is 0 Å². The quantitative estimate of drug-likeness (QED) is 0.0274. The maximum atomic E-state index is 13.2. The van der Waals surface area contributed by atoms with Gasteiger partial charge in [0.25, 0.3) is 0 Å². The Bertz CT molecular complexity index is 873. The number of hydrogen-bond acceptors (Lipinski definition) is 13. The summed E-state index contributed by atoms with van der Waals surface area (Å²) in [6.45, 7) is 0.366. The van der Waals surface area contributed by atoms with Crippen LogP contribution >= 0.6 is 0 Å². The largest absolute Gasteiger partial charge is 1.00 e. The van der Waals surface area contributed by atoms with E-state index in [4.69, 9.17) is 9.47 Å². The van der Waals surface area contributed by atoms with Gasteiger partial charge in [-0.05, 0) is 25.7 Å². The molecule has 1 heterocycles. The van der Waals surface area contributed by atoms with Crippen LogP contribution in [-0.4, -0.2) is 139 Å². The first-order chi connectivity index (χ1) is 24.0. The normalized spacial score (nSPS) is 22.9. The number of unbranched alkanes of at least 4 members (excludes halogenated alkanes) is 16. The minimum Gasteiger partial charge on any atom is -0.550 e. The number of carboxylic acid groups (broad SMARTS) is 1. The smallest absolute Gasteiger partial charge is 0.550 e. The average Bonchev–Trinajstić information content (AvgIpc) is 3.10. The number of carboxylic acids is 1. The average molecular weight is 746 g/mol. The molecule has 0 bridgehead atoms. The van der Waals surface area contributed by atoms with Crippen molar-refractivity contribution in [3.05, 3.63) is 0 Å². The van der Waals surface area contributed by atoms with Crippen molar-refractivity contribution >= 4 is 11.9 Å². The van der Waals surface area contributed by atoms with Gasteiger partial charge in [-0.3, -0.25) is 4.79 Å². The molecule has 0 aliphatic carbocycles. The Morgan fingerprint density at radius 2 is 1.20 bits per heavy atom. The van der Waals surface area contributed by atoms with E-state index in [0.717, 1.165) is 19.3 Å². The minimum atomic E-state index is -1.91. The molecule has 0 saturated carbocycles. The summed E-state index contributed by atoms with van der Waals surface area (Å²) in [4.78, 5) is 25.4. The van der Waals surface area contributed by atoms with Crippen LogP contribution in [0.25, 0.3) is 0 Å². The molecule has 0 unspecified atom stereocenters. The molecule has 0 aromatic carbocycles. The molecule has 1 amide bonds. The molecule has 15 heteroatoms. The van der Waals surface area contributed by atoms with Crippen LogP contribution in [-0.2, 0) is 19.1 Å². The van der Waals surface area contributed by atoms with Crippen LogP contribution in [0.1, 0.15) is 135 Å². The third kappa shape index (κ3) is 21.3. The van der Waals surface area contributed by atoms with Gasteiger partial charge in [-0.25, -0.2) is 0 Å². The molecule has 9 atom stereocenters. The number of hydrogen-bond donors (Lipinski definition) is 8. The predicted molar refractivity (Wildman–Crippen MR) is 183 cm³/mol. The Labute approximate surface area is 326 Å². The number of ether oxygens (including phenoxy) is 2. The van der Waals surface area contributed by atoms with Crippen LogP contribution in [0.3, 0.4) is 0 Å². The number of aliphatic carboxylic acids is 1. The number of aliphatic hydroxyl groups excluding tert-OH is 8. The number of carbonyl (C=O) groups is 2. The second-order valence-electron chi connectivity index (χ2n) is 13.8. The summed E-state index contributed by atoms with van der Waals surface area (Å²) in [5.41, 5.74) is 0. The number of amides is 1. The number of aliphatic hydroxyl groups is 8. The summed E-state index contributed by atoms with van der Waals surface area (Å²) in [5.74, 6) is -1.43. The second kappa shape index (κ2) is 30.8. The van der Waals surface area contributed by atoms with E-state index in [1.54, 1.807) is 0 Å². The van der Waals surface area contributed by atoms with Gasteiger partial charge in [0.05, 0.1) is 13.2 Å². The fourth-order valence-electron chi connectivity index (χ4n) is 6.26. The second-order valence-corrected chi connectivity index (χ2v) is 13.8. The first-order valence-electron chi connectivity index (χ1n) is 19.1. The van der Waals surface area contributed by atoms with Crippen LogP contribution in [0.5, 0.6) is 0 Å². The Morgan fingerprint density at radius 3 is 1.69 bits per heavy atom. The molecule has 0 aromatic heterocycles. The van der Waals surface area contributed by atoms with Crippen LogP contribution < -0.4 is 34.7 Å². The Hall–Kier alpha value is -0.460. The zero-order valence-corrected chi connectivity index (χ0v) is 33.2. The van der Waals surface area contributed by atoms with Crippen molar-refractivity contribution in [2.45, 2.75) is 190 Å². The number of carbonyl (C=O) groups excluding carboxylic acids is 2. The van der Waals surface area contributed by atoms with E-state index in [2.05, 4.69) is 6.92 Å². The van der Waals surface area contributed by atoms with E-state index in [0.29, 0.717) is 25.7 Å². The summed E-state index contributed by atoms with van der Waals surface area (Å²) in [5, 5.41) is 92.7. The van der Waals surface area contributed by atoms with Crippen LogP contribution in [0.4, 0.5) is 0 Å². The molecule has 1 aliphatic rings. The van der Waals surface area contributed by atoms with E-state index < -0.39 is 74.3 Å². The van der Waals surface area contributed by atoms with Crippen LogP contribution in [0.15, 0.2) is 0 Å². The molecule has 0 spiro atoms.